The Bertz CT molecular complexity index is 550. The summed E-state index contributed by atoms with van der Waals surface area (Å²) in [7, 11) is 0. The van der Waals surface area contributed by atoms with Crippen LogP contribution in [0, 0.1) is 10.1 Å². The van der Waals surface area contributed by atoms with Gasteiger partial charge in [0.2, 0.25) is 11.7 Å². The van der Waals surface area contributed by atoms with E-state index in [1.54, 1.807) is 6.92 Å². The molecule has 3 N–H and O–H groups in total. The number of amides is 1. The summed E-state index contributed by atoms with van der Waals surface area (Å²) in [5.74, 6) is -2.12. The monoisotopic (exact) mass is 284 g/mol. The Kier molecular flexibility index (Phi) is 5.21. The molecule has 0 atom stereocenters. The maximum absolute atomic E-state index is 11.2. The molecule has 0 saturated heterocycles. The molecule has 0 fully saturated rings. The highest BCUT2D eigenvalue weighted by Gasteiger charge is 2.15. The molecule has 0 aliphatic rings. The molecule has 0 radical (unpaired) electrons. The molecule has 108 valence electrons. The van der Waals surface area contributed by atoms with E-state index in [0.29, 0.717) is 0 Å². The third kappa shape index (κ3) is 4.40. The lowest BCUT2D eigenvalue weighted by Crippen LogP contribution is -2.29. The van der Waals surface area contributed by atoms with Gasteiger partial charge in [0.25, 0.3) is 0 Å². The Morgan fingerprint density at radius 3 is 2.80 bits per heavy atom. The van der Waals surface area contributed by atoms with Gasteiger partial charge in [0, 0.05) is 6.42 Å². The zero-order chi connectivity index (χ0) is 15.1. The van der Waals surface area contributed by atoms with E-state index in [9.17, 15) is 19.7 Å². The number of oxime groups is 1. The second kappa shape index (κ2) is 6.87. The van der Waals surface area contributed by atoms with Gasteiger partial charge in [-0.3, -0.25) is 14.9 Å². The number of hydrogen-bond donors (Lipinski definition) is 2. The summed E-state index contributed by atoms with van der Waals surface area (Å²) >= 11 is 0. The van der Waals surface area contributed by atoms with Crippen molar-refractivity contribution in [1.29, 1.82) is 0 Å². The normalized spacial score (nSPS) is 10.9. The predicted octanol–water partition coefficient (Wildman–Crippen LogP) is -0.122. The number of nitrogens with two attached hydrogens (primary N) is 1. The van der Waals surface area contributed by atoms with E-state index in [2.05, 4.69) is 15.3 Å². The standard InChI is InChI=1S/C10H12N4O6/c1-2-7(15)12-5-9(16)20-13-10(11)6-3-4-8(19-6)14(17)18/h3-4H,2,5H2,1H3,(H2,11,13)(H,12,15). The number of hydrogen-bond acceptors (Lipinski definition) is 7. The van der Waals surface area contributed by atoms with Crippen LogP contribution in [0.15, 0.2) is 21.7 Å². The highest BCUT2D eigenvalue weighted by atomic mass is 16.7. The molecular formula is C10H12N4O6. The van der Waals surface area contributed by atoms with Crippen LogP contribution in [-0.2, 0) is 14.4 Å². The summed E-state index contributed by atoms with van der Waals surface area (Å²) in [6.45, 7) is 1.27. The first-order valence-corrected chi connectivity index (χ1v) is 5.48. The lowest BCUT2D eigenvalue weighted by atomic mass is 10.4. The van der Waals surface area contributed by atoms with Gasteiger partial charge in [0.1, 0.15) is 11.5 Å². The van der Waals surface area contributed by atoms with Crippen LogP contribution in [0.3, 0.4) is 0 Å². The van der Waals surface area contributed by atoms with E-state index >= 15 is 0 Å². The van der Waals surface area contributed by atoms with Crippen LogP contribution in [0.5, 0.6) is 0 Å². The van der Waals surface area contributed by atoms with Crippen LogP contribution in [0.4, 0.5) is 5.88 Å². The Balaban J connectivity index is 2.54. The minimum absolute atomic E-state index is 0.109. The molecule has 1 rings (SSSR count). The van der Waals surface area contributed by atoms with Crippen molar-refractivity contribution < 1.29 is 23.8 Å². The van der Waals surface area contributed by atoms with E-state index in [1.165, 1.54) is 6.07 Å². The smallest absolute Gasteiger partial charge is 0.397 e. The second-order valence-electron chi connectivity index (χ2n) is 3.47. The van der Waals surface area contributed by atoms with Gasteiger partial charge in [0.05, 0.1) is 6.07 Å². The first-order chi connectivity index (χ1) is 9.43. The quantitative estimate of drug-likeness (QED) is 0.243. The largest absolute Gasteiger partial charge is 0.433 e. The van der Waals surface area contributed by atoms with Gasteiger partial charge in [-0.2, -0.15) is 0 Å². The van der Waals surface area contributed by atoms with Crippen molar-refractivity contribution in [3.63, 3.8) is 0 Å². The molecule has 10 heteroatoms. The van der Waals surface area contributed by atoms with Crippen LogP contribution in [-0.4, -0.2) is 29.2 Å². The lowest BCUT2D eigenvalue weighted by Gasteiger charge is -2.00. The van der Waals surface area contributed by atoms with E-state index < -0.39 is 16.8 Å². The van der Waals surface area contributed by atoms with Gasteiger partial charge in [0.15, 0.2) is 5.76 Å². The van der Waals surface area contributed by atoms with Gasteiger partial charge >= 0.3 is 11.9 Å². The Morgan fingerprint density at radius 2 is 2.25 bits per heavy atom. The van der Waals surface area contributed by atoms with Gasteiger partial charge in [-0.1, -0.05) is 12.1 Å². The highest BCUT2D eigenvalue weighted by molar-refractivity contribution is 5.95. The average molecular weight is 284 g/mol. The topological polar surface area (TPSA) is 150 Å². The van der Waals surface area contributed by atoms with Crippen molar-refractivity contribution in [3.05, 3.63) is 28.0 Å². The number of nitrogens with one attached hydrogen (secondary N) is 1. The molecule has 0 aliphatic carbocycles. The maximum atomic E-state index is 11.2. The fourth-order valence-corrected chi connectivity index (χ4v) is 1.04. The zero-order valence-electron chi connectivity index (χ0n) is 10.5. The minimum Gasteiger partial charge on any atom is -0.397 e. The first-order valence-electron chi connectivity index (χ1n) is 5.48. The van der Waals surface area contributed by atoms with Crippen molar-refractivity contribution in [3.8, 4) is 0 Å². The number of rotatable bonds is 6. The number of furan rings is 1. The minimum atomic E-state index is -0.837. The van der Waals surface area contributed by atoms with Crippen molar-refractivity contribution in [2.75, 3.05) is 6.54 Å². The van der Waals surface area contributed by atoms with Crippen molar-refractivity contribution >= 4 is 23.6 Å². The summed E-state index contributed by atoms with van der Waals surface area (Å²) in [4.78, 5) is 36.1. The summed E-state index contributed by atoms with van der Waals surface area (Å²) in [5, 5.41) is 15.9. The maximum Gasteiger partial charge on any atom is 0.433 e. The number of nitro groups is 1. The molecule has 0 saturated carbocycles. The van der Waals surface area contributed by atoms with Crippen LogP contribution < -0.4 is 11.1 Å². The molecule has 0 aliphatic heterocycles. The van der Waals surface area contributed by atoms with E-state index in [1.807, 2.05) is 0 Å². The highest BCUT2D eigenvalue weighted by Crippen LogP contribution is 2.15. The van der Waals surface area contributed by atoms with Gasteiger partial charge in [-0.05, 0) is 6.07 Å². The molecule has 1 heterocycles. The Labute approximate surface area is 112 Å². The molecule has 0 bridgehead atoms. The molecule has 0 unspecified atom stereocenters. The lowest BCUT2D eigenvalue weighted by molar-refractivity contribution is -0.402. The van der Waals surface area contributed by atoms with E-state index in [0.717, 1.165) is 6.07 Å². The van der Waals surface area contributed by atoms with E-state index in [-0.39, 0.29) is 30.5 Å². The molecule has 0 aromatic carbocycles. The predicted molar refractivity (Wildman–Crippen MR) is 65.5 cm³/mol. The van der Waals surface area contributed by atoms with Crippen LogP contribution in [0.1, 0.15) is 19.1 Å². The van der Waals surface area contributed by atoms with Crippen molar-refractivity contribution in [2.45, 2.75) is 13.3 Å². The van der Waals surface area contributed by atoms with E-state index in [4.69, 9.17) is 10.2 Å². The molecule has 20 heavy (non-hydrogen) atoms. The van der Waals surface area contributed by atoms with Crippen molar-refractivity contribution in [2.24, 2.45) is 10.9 Å². The Hall–Kier alpha value is -2.91. The number of amidine groups is 1. The van der Waals surface area contributed by atoms with Crippen LogP contribution >= 0.6 is 0 Å². The third-order valence-electron chi connectivity index (χ3n) is 2.02. The molecule has 10 nitrogen and oxygen atoms in total. The molecule has 1 amide bonds. The fraction of sp³-hybridized carbons (Fsp3) is 0.300. The van der Waals surface area contributed by atoms with Crippen LogP contribution in [0.2, 0.25) is 0 Å². The number of carbonyl (C=O) groups is 2. The van der Waals surface area contributed by atoms with Crippen LogP contribution in [0.25, 0.3) is 0 Å². The zero-order valence-corrected chi connectivity index (χ0v) is 10.5. The SMILES string of the molecule is CCC(=O)NCC(=O)O/N=C(\N)c1ccc([N+](=O)[O-])o1. The summed E-state index contributed by atoms with van der Waals surface area (Å²) < 4.78 is 4.74. The van der Waals surface area contributed by atoms with Crippen molar-refractivity contribution in [1.82, 2.24) is 5.32 Å². The Morgan fingerprint density at radius 1 is 1.55 bits per heavy atom. The number of nitrogens with zero attached hydrogens (tertiary/aromatic N) is 2. The first kappa shape index (κ1) is 15.1. The third-order valence-corrected chi connectivity index (χ3v) is 2.02. The van der Waals surface area contributed by atoms with Gasteiger partial charge in [-0.25, -0.2) is 4.79 Å². The molecule has 0 spiro atoms. The summed E-state index contributed by atoms with van der Waals surface area (Å²) in [6, 6.07) is 2.30. The second-order valence-corrected chi connectivity index (χ2v) is 3.47. The molecule has 1 aromatic rings. The summed E-state index contributed by atoms with van der Waals surface area (Å²) in [5.41, 5.74) is 5.41. The van der Waals surface area contributed by atoms with Gasteiger partial charge < -0.3 is 20.3 Å². The fourth-order valence-electron chi connectivity index (χ4n) is 1.04. The summed E-state index contributed by atoms with van der Waals surface area (Å²) in [6.07, 6.45) is 0.231. The van der Waals surface area contributed by atoms with Gasteiger partial charge in [-0.15, -0.1) is 0 Å². The average Bonchev–Trinajstić information content (AvgIpc) is 2.92. The molecule has 1 aromatic heterocycles. The molecular weight excluding hydrogens is 272 g/mol. The number of carbonyl (C=O) groups excluding carboxylic acids is 2.